The molecule has 0 fully saturated rings. The number of aliphatic hydroxyl groups excluding tert-OH is 6. The van der Waals surface area contributed by atoms with Crippen LogP contribution in [0.4, 0.5) is 0 Å². The molecule has 174 valence electrons. The van der Waals surface area contributed by atoms with Gasteiger partial charge in [-0.25, -0.2) is 0 Å². The standard InChI is InChI=1S/3C4H6O6.6Na/c3*5-1(3(7)8)2(6)4(9)10;;;;;;/h3*1-2,5-6H,(H,7,8)(H,9,10);;;;;;/q;;;6*+1/p-6. The van der Waals surface area contributed by atoms with Crippen molar-refractivity contribution in [1.29, 1.82) is 0 Å². The first-order valence-corrected chi connectivity index (χ1v) is 6.73. The predicted octanol–water partition coefficient (Wildman–Crippen LogP) is -32.4. The molecule has 0 aliphatic rings. The molecule has 36 heavy (non-hydrogen) atoms. The van der Waals surface area contributed by atoms with Gasteiger partial charge in [-0.15, -0.1) is 0 Å². The van der Waals surface area contributed by atoms with Crippen LogP contribution in [0.1, 0.15) is 0 Å². The maximum Gasteiger partial charge on any atom is 1.00 e. The second-order valence-corrected chi connectivity index (χ2v) is 4.58. The molecule has 0 aliphatic heterocycles. The van der Waals surface area contributed by atoms with Crippen LogP contribution in [-0.4, -0.2) is 103 Å². The van der Waals surface area contributed by atoms with Crippen molar-refractivity contribution in [3.63, 3.8) is 0 Å². The zero-order chi connectivity index (χ0) is 24.9. The van der Waals surface area contributed by atoms with E-state index in [-0.39, 0.29) is 177 Å². The van der Waals surface area contributed by atoms with Crippen LogP contribution in [0.25, 0.3) is 0 Å². The van der Waals surface area contributed by atoms with E-state index in [0.717, 1.165) is 0 Å². The number of hydrogen-bond donors (Lipinski definition) is 6. The molecular weight excluding hydrogens is 570 g/mol. The van der Waals surface area contributed by atoms with Gasteiger partial charge in [0.1, 0.15) is 36.6 Å². The largest absolute Gasteiger partial charge is 1.00 e. The first-order valence-electron chi connectivity index (χ1n) is 6.73. The normalized spacial score (nSPS) is 13.2. The SMILES string of the molecule is O=C([O-])C(O)C(O)C(=O)[O-].O=C([O-])C(O)C(O)C(=O)[O-].O=C([O-])C(O)C(O)C(=O)[O-].[Na+].[Na+].[Na+].[Na+].[Na+].[Na+]. The maximum absolute atomic E-state index is 9.63. The van der Waals surface area contributed by atoms with Gasteiger partial charge >= 0.3 is 177 Å². The summed E-state index contributed by atoms with van der Waals surface area (Å²) in [6, 6.07) is 0. The molecule has 0 saturated heterocycles. The molecule has 0 aliphatic carbocycles. The number of rotatable bonds is 9. The third-order valence-corrected chi connectivity index (χ3v) is 2.35. The first-order chi connectivity index (χ1) is 13.4. The van der Waals surface area contributed by atoms with E-state index in [4.69, 9.17) is 30.6 Å². The van der Waals surface area contributed by atoms with Crippen LogP contribution in [0, 0.1) is 0 Å². The van der Waals surface area contributed by atoms with Gasteiger partial charge in [0.15, 0.2) is 0 Å². The summed E-state index contributed by atoms with van der Waals surface area (Å²) in [6.07, 6.45) is -14.6. The van der Waals surface area contributed by atoms with E-state index in [1.54, 1.807) is 0 Å². The van der Waals surface area contributed by atoms with Crippen molar-refractivity contribution in [3.8, 4) is 0 Å². The van der Waals surface area contributed by atoms with Crippen LogP contribution in [0.3, 0.4) is 0 Å². The van der Waals surface area contributed by atoms with Gasteiger partial charge in [-0.2, -0.15) is 0 Å². The average Bonchev–Trinajstić information content (AvgIpc) is 2.64. The summed E-state index contributed by atoms with van der Waals surface area (Å²) >= 11 is 0. The van der Waals surface area contributed by atoms with Gasteiger partial charge < -0.3 is 90.0 Å². The smallest absolute Gasteiger partial charge is 0.547 e. The molecule has 0 spiro atoms. The monoisotopic (exact) mass is 582 g/mol. The number of aliphatic hydroxyl groups is 6. The molecule has 24 heteroatoms. The van der Waals surface area contributed by atoms with Crippen molar-refractivity contribution in [2.45, 2.75) is 36.6 Å². The summed E-state index contributed by atoms with van der Waals surface area (Å²) in [7, 11) is 0. The minimum atomic E-state index is -2.44. The van der Waals surface area contributed by atoms with E-state index in [2.05, 4.69) is 0 Å². The minimum Gasteiger partial charge on any atom is -0.547 e. The summed E-state index contributed by atoms with van der Waals surface area (Å²) in [6.45, 7) is 0. The van der Waals surface area contributed by atoms with Crippen LogP contribution in [0.2, 0.25) is 0 Å². The summed E-state index contributed by atoms with van der Waals surface area (Å²) in [5, 5.41) is 107. The summed E-state index contributed by atoms with van der Waals surface area (Å²) in [5.74, 6) is -12.4. The first kappa shape index (κ1) is 62.3. The Balaban J connectivity index is -0.0000000401. The average molecular weight is 582 g/mol. The van der Waals surface area contributed by atoms with Crippen molar-refractivity contribution in [3.05, 3.63) is 0 Å². The second kappa shape index (κ2) is 33.8. The van der Waals surface area contributed by atoms with Crippen molar-refractivity contribution in [2.75, 3.05) is 0 Å². The van der Waals surface area contributed by atoms with Gasteiger partial charge in [0.05, 0.1) is 35.8 Å². The van der Waals surface area contributed by atoms with E-state index in [9.17, 15) is 59.4 Å². The van der Waals surface area contributed by atoms with Crippen LogP contribution >= 0.6 is 0 Å². The molecule has 0 bridgehead atoms. The van der Waals surface area contributed by atoms with Crippen molar-refractivity contribution in [1.82, 2.24) is 0 Å². The van der Waals surface area contributed by atoms with Crippen molar-refractivity contribution >= 4 is 35.8 Å². The van der Waals surface area contributed by atoms with Gasteiger partial charge in [0, 0.05) is 0 Å². The van der Waals surface area contributed by atoms with Crippen molar-refractivity contribution < 1.29 is 267 Å². The number of carboxylic acid groups (broad SMARTS) is 6. The van der Waals surface area contributed by atoms with E-state index in [1.165, 1.54) is 0 Å². The number of hydrogen-bond acceptors (Lipinski definition) is 18. The predicted molar refractivity (Wildman–Crippen MR) is 66.1 cm³/mol. The number of aliphatic carboxylic acids is 6. The molecule has 6 N–H and O–H groups in total. The Morgan fingerprint density at radius 2 is 0.361 bits per heavy atom. The fourth-order valence-corrected chi connectivity index (χ4v) is 0.773. The van der Waals surface area contributed by atoms with Crippen LogP contribution in [0.5, 0.6) is 0 Å². The number of carbonyl (C=O) groups excluding carboxylic acids is 6. The Morgan fingerprint density at radius 1 is 0.306 bits per heavy atom. The van der Waals surface area contributed by atoms with Gasteiger partial charge in [-0.05, 0) is 0 Å². The molecule has 0 amide bonds. The molecule has 0 aromatic heterocycles. The molecule has 0 heterocycles. The Morgan fingerprint density at radius 3 is 0.389 bits per heavy atom. The summed E-state index contributed by atoms with van der Waals surface area (Å²) in [4.78, 5) is 57.8. The Hall–Kier alpha value is 2.58. The third-order valence-electron chi connectivity index (χ3n) is 2.35. The molecule has 0 rings (SSSR count). The molecule has 6 unspecified atom stereocenters. The minimum absolute atomic E-state index is 0. The quantitative estimate of drug-likeness (QED) is 0.137. The Bertz CT molecular complexity index is 510. The topological polar surface area (TPSA) is 362 Å². The molecule has 18 nitrogen and oxygen atoms in total. The van der Waals surface area contributed by atoms with Gasteiger partial charge in [0.25, 0.3) is 0 Å². The zero-order valence-electron chi connectivity index (χ0n) is 20.0. The molecule has 0 radical (unpaired) electrons. The van der Waals surface area contributed by atoms with E-state index >= 15 is 0 Å². The third kappa shape index (κ3) is 31.1. The molecule has 0 aromatic carbocycles. The van der Waals surface area contributed by atoms with Crippen LogP contribution < -0.4 is 208 Å². The van der Waals surface area contributed by atoms with Gasteiger partial charge in [-0.1, -0.05) is 0 Å². The zero-order valence-corrected chi connectivity index (χ0v) is 32.0. The molecule has 0 saturated carbocycles. The molecule has 6 atom stereocenters. The van der Waals surface area contributed by atoms with E-state index in [0.29, 0.717) is 0 Å². The Kier molecular flexibility index (Phi) is 58.4. The summed E-state index contributed by atoms with van der Waals surface area (Å²) < 4.78 is 0. The van der Waals surface area contributed by atoms with Gasteiger partial charge in [-0.3, -0.25) is 0 Å². The van der Waals surface area contributed by atoms with Crippen LogP contribution in [-0.2, 0) is 28.8 Å². The second-order valence-electron chi connectivity index (χ2n) is 4.58. The van der Waals surface area contributed by atoms with E-state index < -0.39 is 72.4 Å². The van der Waals surface area contributed by atoms with E-state index in [1.807, 2.05) is 0 Å². The van der Waals surface area contributed by atoms with Gasteiger partial charge in [0.2, 0.25) is 0 Å². The number of carboxylic acids is 6. The molecular formula is C12H12Na6O18. The Labute approximate surface area is 334 Å². The van der Waals surface area contributed by atoms with Crippen LogP contribution in [0.15, 0.2) is 0 Å². The maximum atomic E-state index is 9.63. The molecule has 0 aromatic rings. The number of carbonyl (C=O) groups is 6. The fourth-order valence-electron chi connectivity index (χ4n) is 0.773. The fraction of sp³-hybridized carbons (Fsp3) is 0.500. The van der Waals surface area contributed by atoms with Crippen molar-refractivity contribution in [2.24, 2.45) is 0 Å². The summed E-state index contributed by atoms with van der Waals surface area (Å²) in [5.41, 5.74) is 0.